The minimum Gasteiger partial charge on any atom is -0.346 e. The van der Waals surface area contributed by atoms with Crippen LogP contribution in [0.5, 0.6) is 0 Å². The average molecular weight is 453 g/mol. The Bertz CT molecular complexity index is 963. The fourth-order valence-corrected chi connectivity index (χ4v) is 3.41. The molecule has 11 heteroatoms. The molecular formula is C19H26Cl2N8O. The molecule has 0 spiro atoms. The molecule has 3 aromatic rings. The van der Waals surface area contributed by atoms with Crippen LogP contribution in [0.4, 0.5) is 0 Å². The summed E-state index contributed by atoms with van der Waals surface area (Å²) in [6.07, 6.45) is 5.48. The molecule has 1 aliphatic rings. The van der Waals surface area contributed by atoms with Crippen molar-refractivity contribution in [3.8, 4) is 5.82 Å². The second kappa shape index (κ2) is 10.5. The third-order valence-corrected chi connectivity index (χ3v) is 4.91. The summed E-state index contributed by atoms with van der Waals surface area (Å²) >= 11 is 0. The number of halogens is 2. The monoisotopic (exact) mass is 452 g/mol. The number of nitrogens with zero attached hydrogens (tertiary/aromatic N) is 6. The van der Waals surface area contributed by atoms with E-state index in [0.717, 1.165) is 48.7 Å². The van der Waals surface area contributed by atoms with E-state index in [9.17, 15) is 4.79 Å². The fraction of sp³-hybridized carbons (Fsp3) is 0.421. The highest BCUT2D eigenvalue weighted by Crippen LogP contribution is 2.17. The lowest BCUT2D eigenvalue weighted by molar-refractivity contribution is 0.0945. The molecule has 2 N–H and O–H groups in total. The van der Waals surface area contributed by atoms with Gasteiger partial charge in [0, 0.05) is 18.4 Å². The van der Waals surface area contributed by atoms with Crippen LogP contribution in [0.2, 0.25) is 0 Å². The van der Waals surface area contributed by atoms with Crippen molar-refractivity contribution in [1.82, 2.24) is 40.4 Å². The summed E-state index contributed by atoms with van der Waals surface area (Å²) in [5.74, 6) is 0.522. The van der Waals surface area contributed by atoms with Gasteiger partial charge in [-0.1, -0.05) is 11.3 Å². The van der Waals surface area contributed by atoms with Gasteiger partial charge in [0.15, 0.2) is 11.5 Å². The van der Waals surface area contributed by atoms with Crippen LogP contribution in [0, 0.1) is 13.8 Å². The number of carbonyl (C=O) groups is 1. The van der Waals surface area contributed by atoms with Crippen LogP contribution >= 0.6 is 24.8 Å². The van der Waals surface area contributed by atoms with Crippen molar-refractivity contribution in [1.29, 1.82) is 0 Å². The number of hydrogen-bond donors (Lipinski definition) is 2. The van der Waals surface area contributed by atoms with Gasteiger partial charge in [-0.3, -0.25) is 4.79 Å². The van der Waals surface area contributed by atoms with Crippen molar-refractivity contribution in [2.75, 3.05) is 13.1 Å². The Balaban J connectivity index is 0.00000160. The number of aromatic nitrogens is 6. The maximum absolute atomic E-state index is 12.4. The van der Waals surface area contributed by atoms with Crippen LogP contribution in [0.1, 0.15) is 46.3 Å². The van der Waals surface area contributed by atoms with Crippen molar-refractivity contribution >= 4 is 30.7 Å². The van der Waals surface area contributed by atoms with E-state index in [-0.39, 0.29) is 30.7 Å². The molecule has 9 nitrogen and oxygen atoms in total. The molecule has 1 fully saturated rings. The summed E-state index contributed by atoms with van der Waals surface area (Å²) in [4.78, 5) is 16.8. The van der Waals surface area contributed by atoms with Crippen molar-refractivity contribution in [3.05, 3.63) is 53.2 Å². The number of piperidine rings is 1. The summed E-state index contributed by atoms with van der Waals surface area (Å²) in [6.45, 7) is 6.25. The summed E-state index contributed by atoms with van der Waals surface area (Å²) in [5.41, 5.74) is 3.23. The normalized spacial score (nSPS) is 13.9. The molecular weight excluding hydrogens is 427 g/mol. The van der Waals surface area contributed by atoms with Crippen LogP contribution in [-0.4, -0.2) is 48.8 Å². The molecule has 1 saturated heterocycles. The molecule has 4 heterocycles. The van der Waals surface area contributed by atoms with Gasteiger partial charge >= 0.3 is 0 Å². The second-order valence-electron chi connectivity index (χ2n) is 7.11. The zero-order valence-electron chi connectivity index (χ0n) is 16.9. The molecule has 0 aliphatic carbocycles. The minimum atomic E-state index is -0.234. The van der Waals surface area contributed by atoms with Crippen molar-refractivity contribution in [2.45, 2.75) is 39.3 Å². The molecule has 0 aromatic carbocycles. The zero-order valence-corrected chi connectivity index (χ0v) is 18.5. The van der Waals surface area contributed by atoms with E-state index in [2.05, 4.69) is 31.0 Å². The number of pyridine rings is 1. The number of amides is 1. The lowest BCUT2D eigenvalue weighted by Gasteiger charge is -2.22. The van der Waals surface area contributed by atoms with E-state index in [4.69, 9.17) is 0 Å². The Kier molecular flexibility index (Phi) is 8.33. The smallest absolute Gasteiger partial charge is 0.273 e. The van der Waals surface area contributed by atoms with Gasteiger partial charge in [-0.2, -0.15) is 5.10 Å². The van der Waals surface area contributed by atoms with E-state index in [1.54, 1.807) is 21.8 Å². The van der Waals surface area contributed by atoms with E-state index < -0.39 is 0 Å². The summed E-state index contributed by atoms with van der Waals surface area (Å²) in [5, 5.41) is 18.8. The quantitative estimate of drug-likeness (QED) is 0.614. The Morgan fingerprint density at radius 3 is 2.63 bits per heavy atom. The SMILES string of the molecule is Cc1cc(C)n(-c2ccc(CNC(=O)c3cn(C4CCNCC4)nn3)cn2)n1.Cl.Cl. The van der Waals surface area contributed by atoms with Crippen LogP contribution in [0.15, 0.2) is 30.6 Å². The molecule has 3 aromatic heterocycles. The Labute approximate surface area is 187 Å². The van der Waals surface area contributed by atoms with E-state index in [0.29, 0.717) is 18.3 Å². The largest absolute Gasteiger partial charge is 0.346 e. The van der Waals surface area contributed by atoms with Crippen molar-refractivity contribution in [3.63, 3.8) is 0 Å². The van der Waals surface area contributed by atoms with Gasteiger partial charge in [-0.15, -0.1) is 29.9 Å². The first-order chi connectivity index (χ1) is 13.6. The molecule has 1 aliphatic heterocycles. The van der Waals surface area contributed by atoms with Crippen LogP contribution < -0.4 is 10.6 Å². The fourth-order valence-electron chi connectivity index (χ4n) is 3.41. The van der Waals surface area contributed by atoms with E-state index in [1.165, 1.54) is 0 Å². The Morgan fingerprint density at radius 2 is 2.00 bits per heavy atom. The van der Waals surface area contributed by atoms with E-state index >= 15 is 0 Å². The summed E-state index contributed by atoms with van der Waals surface area (Å²) in [7, 11) is 0. The van der Waals surface area contributed by atoms with Gasteiger partial charge in [0.25, 0.3) is 5.91 Å². The second-order valence-corrected chi connectivity index (χ2v) is 7.11. The topological polar surface area (TPSA) is 103 Å². The highest BCUT2D eigenvalue weighted by atomic mass is 35.5. The first-order valence-corrected chi connectivity index (χ1v) is 9.49. The van der Waals surface area contributed by atoms with Crippen molar-refractivity contribution in [2.24, 2.45) is 0 Å². The van der Waals surface area contributed by atoms with Crippen LogP contribution in [0.3, 0.4) is 0 Å². The van der Waals surface area contributed by atoms with Crippen LogP contribution in [-0.2, 0) is 6.54 Å². The maximum Gasteiger partial charge on any atom is 0.273 e. The molecule has 4 rings (SSSR count). The average Bonchev–Trinajstić information content (AvgIpc) is 3.34. The van der Waals surface area contributed by atoms with Gasteiger partial charge in [-0.25, -0.2) is 14.3 Å². The summed E-state index contributed by atoms with van der Waals surface area (Å²) in [6, 6.07) is 6.15. The first kappa shape index (κ1) is 23.8. The minimum absolute atomic E-state index is 0. The van der Waals surface area contributed by atoms with Gasteiger partial charge in [0.2, 0.25) is 0 Å². The number of nitrogens with one attached hydrogen (secondary N) is 2. The van der Waals surface area contributed by atoms with Crippen molar-refractivity contribution < 1.29 is 4.79 Å². The predicted molar refractivity (Wildman–Crippen MR) is 118 cm³/mol. The van der Waals surface area contributed by atoms with Crippen LogP contribution in [0.25, 0.3) is 5.82 Å². The van der Waals surface area contributed by atoms with Gasteiger partial charge < -0.3 is 10.6 Å². The molecule has 30 heavy (non-hydrogen) atoms. The zero-order chi connectivity index (χ0) is 19.5. The Morgan fingerprint density at radius 1 is 1.23 bits per heavy atom. The third-order valence-electron chi connectivity index (χ3n) is 4.91. The molecule has 0 bridgehead atoms. The highest BCUT2D eigenvalue weighted by molar-refractivity contribution is 5.91. The van der Waals surface area contributed by atoms with E-state index in [1.807, 2.05) is 32.0 Å². The number of hydrogen-bond acceptors (Lipinski definition) is 6. The standard InChI is InChI=1S/C19H24N8O.2ClH/c1-13-9-14(2)27(24-13)18-4-3-15(10-21-18)11-22-19(28)17-12-26(25-23-17)16-5-7-20-8-6-16;;/h3-4,9-10,12,16,20H,5-8,11H2,1-2H3,(H,22,28);2*1H. The van der Waals surface area contributed by atoms with Gasteiger partial charge in [0.05, 0.1) is 17.9 Å². The molecule has 162 valence electrons. The lowest BCUT2D eigenvalue weighted by Crippen LogP contribution is -2.29. The number of aryl methyl sites for hydroxylation is 2. The number of carbonyl (C=O) groups excluding carboxylic acids is 1. The summed E-state index contributed by atoms with van der Waals surface area (Å²) < 4.78 is 3.61. The molecule has 1 amide bonds. The maximum atomic E-state index is 12.4. The highest BCUT2D eigenvalue weighted by Gasteiger charge is 2.18. The predicted octanol–water partition coefficient (Wildman–Crippen LogP) is 2.17. The molecule has 0 radical (unpaired) electrons. The van der Waals surface area contributed by atoms with Gasteiger partial charge in [-0.05, 0) is 57.5 Å². The first-order valence-electron chi connectivity index (χ1n) is 9.49. The molecule has 0 saturated carbocycles. The molecule has 0 atom stereocenters. The molecule has 0 unspecified atom stereocenters. The third kappa shape index (κ3) is 5.35. The van der Waals surface area contributed by atoms with Gasteiger partial charge in [0.1, 0.15) is 0 Å². The lowest BCUT2D eigenvalue weighted by atomic mass is 10.1. The number of rotatable bonds is 5. The Hall–Kier alpha value is -2.49.